The number of anilines is 1. The van der Waals surface area contributed by atoms with Gasteiger partial charge in [-0.2, -0.15) is 0 Å². The maximum atomic E-state index is 11.9. The number of amides is 1. The summed E-state index contributed by atoms with van der Waals surface area (Å²) in [5.41, 5.74) is 0.399. The van der Waals surface area contributed by atoms with Gasteiger partial charge in [0.05, 0.1) is 19.1 Å². The average Bonchev–Trinajstić information content (AvgIpc) is 2.43. The van der Waals surface area contributed by atoms with Crippen LogP contribution in [0.1, 0.15) is 20.3 Å². The van der Waals surface area contributed by atoms with Crippen molar-refractivity contribution >= 4 is 21.6 Å². The summed E-state index contributed by atoms with van der Waals surface area (Å²) >= 11 is 0. The van der Waals surface area contributed by atoms with E-state index in [4.69, 9.17) is 4.74 Å². The van der Waals surface area contributed by atoms with E-state index in [1.807, 2.05) is 13.8 Å². The molecule has 0 aliphatic rings. The third-order valence-corrected chi connectivity index (χ3v) is 4.19. The Kier molecular flexibility index (Phi) is 6.02. The van der Waals surface area contributed by atoms with Crippen LogP contribution in [0.4, 0.5) is 5.69 Å². The van der Waals surface area contributed by atoms with Gasteiger partial charge < -0.3 is 10.1 Å². The Bertz CT molecular complexity index is 586. The summed E-state index contributed by atoms with van der Waals surface area (Å²) in [6.45, 7) is 3.56. The van der Waals surface area contributed by atoms with Crippen LogP contribution >= 0.6 is 0 Å². The van der Waals surface area contributed by atoms with Gasteiger partial charge in [-0.25, -0.2) is 8.42 Å². The number of ether oxygens (including phenoxy) is 1. The first-order valence-corrected chi connectivity index (χ1v) is 8.54. The predicted octanol–water partition coefficient (Wildman–Crippen LogP) is 1.38. The van der Waals surface area contributed by atoms with E-state index in [9.17, 15) is 13.2 Å². The van der Waals surface area contributed by atoms with Gasteiger partial charge in [0, 0.05) is 12.1 Å². The lowest BCUT2D eigenvalue weighted by Gasteiger charge is -2.23. The largest absolute Gasteiger partial charge is 0.497 e. The van der Waals surface area contributed by atoms with Crippen LogP contribution in [0.3, 0.4) is 0 Å². The fourth-order valence-electron chi connectivity index (χ4n) is 1.72. The van der Waals surface area contributed by atoms with Crippen molar-refractivity contribution in [1.29, 1.82) is 0 Å². The summed E-state index contributed by atoms with van der Waals surface area (Å²) in [5.74, 6) is 0.195. The first-order chi connectivity index (χ1) is 9.77. The van der Waals surface area contributed by atoms with E-state index in [2.05, 4.69) is 5.32 Å². The highest BCUT2D eigenvalue weighted by Crippen LogP contribution is 2.22. The van der Waals surface area contributed by atoms with Gasteiger partial charge in [0.15, 0.2) is 0 Å². The summed E-state index contributed by atoms with van der Waals surface area (Å²) in [7, 11) is -2.06. The van der Waals surface area contributed by atoms with Crippen LogP contribution in [0.25, 0.3) is 0 Å². The SMILES string of the molecule is CC[C@H](C)NC(=O)CN(c1cccc(OC)c1)S(C)(=O)=O. The molecule has 1 aromatic rings. The Morgan fingerprint density at radius 3 is 2.62 bits per heavy atom. The lowest BCUT2D eigenvalue weighted by atomic mass is 10.2. The van der Waals surface area contributed by atoms with Crippen LogP contribution < -0.4 is 14.4 Å². The number of hydrogen-bond donors (Lipinski definition) is 1. The highest BCUT2D eigenvalue weighted by atomic mass is 32.2. The Labute approximate surface area is 126 Å². The van der Waals surface area contributed by atoms with Crippen molar-refractivity contribution in [3.8, 4) is 5.75 Å². The van der Waals surface area contributed by atoms with Crippen molar-refractivity contribution in [2.24, 2.45) is 0 Å². The molecule has 1 N–H and O–H groups in total. The number of nitrogens with one attached hydrogen (secondary N) is 1. The lowest BCUT2D eigenvalue weighted by Crippen LogP contribution is -2.43. The molecule has 21 heavy (non-hydrogen) atoms. The van der Waals surface area contributed by atoms with Gasteiger partial charge in [-0.05, 0) is 25.5 Å². The second-order valence-corrected chi connectivity index (χ2v) is 6.75. The molecule has 1 aromatic carbocycles. The molecule has 0 fully saturated rings. The van der Waals surface area contributed by atoms with Crippen molar-refractivity contribution < 1.29 is 17.9 Å². The van der Waals surface area contributed by atoms with Gasteiger partial charge >= 0.3 is 0 Å². The normalized spacial score (nSPS) is 12.6. The smallest absolute Gasteiger partial charge is 0.240 e. The molecule has 1 atom stereocenters. The van der Waals surface area contributed by atoms with E-state index in [1.165, 1.54) is 7.11 Å². The van der Waals surface area contributed by atoms with Crippen LogP contribution in [0, 0.1) is 0 Å². The second-order valence-electron chi connectivity index (χ2n) is 4.85. The molecule has 0 saturated heterocycles. The highest BCUT2D eigenvalue weighted by Gasteiger charge is 2.21. The molecule has 118 valence electrons. The molecule has 0 aliphatic heterocycles. The summed E-state index contributed by atoms with van der Waals surface area (Å²) in [6, 6.07) is 6.60. The van der Waals surface area contributed by atoms with Crippen LogP contribution in [0.5, 0.6) is 5.75 Å². The second kappa shape index (κ2) is 7.31. The predicted molar refractivity (Wildman–Crippen MR) is 83.1 cm³/mol. The molecular formula is C14H22N2O4S. The van der Waals surface area contributed by atoms with Gasteiger partial charge in [-0.3, -0.25) is 9.10 Å². The Morgan fingerprint density at radius 2 is 2.10 bits per heavy atom. The first kappa shape index (κ1) is 17.3. The van der Waals surface area contributed by atoms with Gasteiger partial charge in [0.25, 0.3) is 0 Å². The van der Waals surface area contributed by atoms with E-state index in [-0.39, 0.29) is 18.5 Å². The summed E-state index contributed by atoms with van der Waals surface area (Å²) < 4.78 is 30.0. The molecule has 0 aliphatic carbocycles. The number of benzene rings is 1. The standard InChI is InChI=1S/C14H22N2O4S/c1-5-11(2)15-14(17)10-16(21(4,18)19)12-7-6-8-13(9-12)20-3/h6-9,11H,5,10H2,1-4H3,(H,15,17)/t11-/m0/s1. The zero-order valence-electron chi connectivity index (χ0n) is 12.8. The molecule has 0 saturated carbocycles. The summed E-state index contributed by atoms with van der Waals surface area (Å²) in [5, 5.41) is 2.75. The van der Waals surface area contributed by atoms with E-state index in [1.54, 1.807) is 24.3 Å². The van der Waals surface area contributed by atoms with Crippen molar-refractivity contribution in [1.82, 2.24) is 5.32 Å². The van der Waals surface area contributed by atoms with Crippen LogP contribution in [-0.2, 0) is 14.8 Å². The number of carbonyl (C=O) groups excluding carboxylic acids is 1. The van der Waals surface area contributed by atoms with Crippen molar-refractivity contribution in [3.63, 3.8) is 0 Å². The minimum Gasteiger partial charge on any atom is -0.497 e. The molecule has 0 heterocycles. The van der Waals surface area contributed by atoms with E-state index in [0.717, 1.165) is 17.0 Å². The zero-order chi connectivity index (χ0) is 16.0. The van der Waals surface area contributed by atoms with Gasteiger partial charge in [0.1, 0.15) is 12.3 Å². The van der Waals surface area contributed by atoms with E-state index >= 15 is 0 Å². The monoisotopic (exact) mass is 314 g/mol. The molecule has 0 radical (unpaired) electrons. The fraction of sp³-hybridized carbons (Fsp3) is 0.500. The highest BCUT2D eigenvalue weighted by molar-refractivity contribution is 7.92. The van der Waals surface area contributed by atoms with Crippen LogP contribution in [-0.4, -0.2) is 40.3 Å². The summed E-state index contributed by atoms with van der Waals surface area (Å²) in [4.78, 5) is 11.9. The number of carbonyl (C=O) groups is 1. The number of nitrogens with zero attached hydrogens (tertiary/aromatic N) is 1. The molecular weight excluding hydrogens is 292 g/mol. The maximum absolute atomic E-state index is 11.9. The lowest BCUT2D eigenvalue weighted by molar-refractivity contribution is -0.120. The van der Waals surface area contributed by atoms with Crippen LogP contribution in [0.15, 0.2) is 24.3 Å². The Hall–Kier alpha value is -1.76. The Morgan fingerprint density at radius 1 is 1.43 bits per heavy atom. The quantitative estimate of drug-likeness (QED) is 0.825. The van der Waals surface area contributed by atoms with Crippen molar-refractivity contribution in [2.45, 2.75) is 26.3 Å². The topological polar surface area (TPSA) is 75.7 Å². The van der Waals surface area contributed by atoms with E-state index in [0.29, 0.717) is 11.4 Å². The fourth-order valence-corrected chi connectivity index (χ4v) is 2.57. The number of sulfonamides is 1. The molecule has 0 bridgehead atoms. The van der Waals surface area contributed by atoms with Crippen molar-refractivity contribution in [2.75, 3.05) is 24.2 Å². The van der Waals surface area contributed by atoms with E-state index < -0.39 is 10.0 Å². The maximum Gasteiger partial charge on any atom is 0.240 e. The first-order valence-electron chi connectivity index (χ1n) is 6.69. The third kappa shape index (κ3) is 5.26. The van der Waals surface area contributed by atoms with Gasteiger partial charge in [-0.1, -0.05) is 13.0 Å². The Balaban J connectivity index is 2.99. The zero-order valence-corrected chi connectivity index (χ0v) is 13.6. The van der Waals surface area contributed by atoms with Gasteiger partial charge in [0.2, 0.25) is 15.9 Å². The number of hydrogen-bond acceptors (Lipinski definition) is 4. The molecule has 1 amide bonds. The van der Waals surface area contributed by atoms with Crippen molar-refractivity contribution in [3.05, 3.63) is 24.3 Å². The average molecular weight is 314 g/mol. The molecule has 7 heteroatoms. The molecule has 0 aromatic heterocycles. The van der Waals surface area contributed by atoms with Gasteiger partial charge in [-0.15, -0.1) is 0 Å². The minimum atomic E-state index is -3.56. The molecule has 0 spiro atoms. The minimum absolute atomic E-state index is 0.00391. The number of methoxy groups -OCH3 is 1. The molecule has 6 nitrogen and oxygen atoms in total. The molecule has 0 unspecified atom stereocenters. The van der Waals surface area contributed by atoms with Crippen LogP contribution in [0.2, 0.25) is 0 Å². The summed E-state index contributed by atoms with van der Waals surface area (Å²) in [6.07, 6.45) is 1.85. The third-order valence-electron chi connectivity index (χ3n) is 3.05. The molecule has 1 rings (SSSR count). The number of rotatable bonds is 7.